The van der Waals surface area contributed by atoms with E-state index in [9.17, 15) is 0 Å². The topological polar surface area (TPSA) is 12.0 Å². The van der Waals surface area contributed by atoms with Crippen molar-refractivity contribution in [1.82, 2.24) is 5.32 Å². The van der Waals surface area contributed by atoms with E-state index in [2.05, 4.69) is 87.6 Å². The molecule has 0 spiro atoms. The maximum atomic E-state index is 3.78. The zero-order valence-corrected chi connectivity index (χ0v) is 12.9. The van der Waals surface area contributed by atoms with Gasteiger partial charge in [0.2, 0.25) is 0 Å². The van der Waals surface area contributed by atoms with E-state index in [4.69, 9.17) is 0 Å². The minimum atomic E-state index is 0.350. The highest BCUT2D eigenvalue weighted by Crippen LogP contribution is 2.25. The van der Waals surface area contributed by atoms with Crippen LogP contribution in [0.25, 0.3) is 0 Å². The maximum Gasteiger partial charge on any atom is 0.0348 e. The van der Waals surface area contributed by atoms with Crippen molar-refractivity contribution in [3.8, 4) is 0 Å². The second-order valence-corrected chi connectivity index (χ2v) is 5.93. The third-order valence-corrected chi connectivity index (χ3v) is 3.80. The van der Waals surface area contributed by atoms with Gasteiger partial charge in [0.15, 0.2) is 0 Å². The fraction of sp³-hybridized carbons (Fsp3) is 0.368. The van der Waals surface area contributed by atoms with E-state index >= 15 is 0 Å². The predicted octanol–water partition coefficient (Wildman–Crippen LogP) is 5.04. The van der Waals surface area contributed by atoms with E-state index in [1.807, 2.05) is 0 Å². The summed E-state index contributed by atoms with van der Waals surface area (Å²) in [5.41, 5.74) is 4.03. The van der Waals surface area contributed by atoms with Crippen LogP contribution in [0.4, 0.5) is 0 Å². The van der Waals surface area contributed by atoms with Crippen LogP contribution in [0.2, 0.25) is 0 Å². The molecule has 1 heteroatoms. The van der Waals surface area contributed by atoms with Gasteiger partial charge in [-0.05, 0) is 30.9 Å². The van der Waals surface area contributed by atoms with E-state index in [-0.39, 0.29) is 0 Å². The first-order valence-corrected chi connectivity index (χ1v) is 7.45. The molecule has 0 aliphatic rings. The number of nitrogens with one attached hydrogen (secondary N) is 1. The molecule has 0 amide bonds. The molecule has 0 aliphatic heterocycles. The van der Waals surface area contributed by atoms with E-state index in [1.54, 1.807) is 0 Å². The Bertz CT molecular complexity index is 530. The van der Waals surface area contributed by atoms with Crippen LogP contribution in [-0.4, -0.2) is 0 Å². The average Bonchev–Trinajstić information content (AvgIpc) is 2.45. The van der Waals surface area contributed by atoms with E-state index in [0.717, 1.165) is 0 Å². The third-order valence-electron chi connectivity index (χ3n) is 3.80. The number of aryl methyl sites for hydroxylation is 1. The van der Waals surface area contributed by atoms with E-state index in [0.29, 0.717) is 18.0 Å². The quantitative estimate of drug-likeness (QED) is 0.800. The largest absolute Gasteiger partial charge is 0.303 e. The number of hydrogen-bond acceptors (Lipinski definition) is 1. The zero-order valence-electron chi connectivity index (χ0n) is 12.9. The van der Waals surface area contributed by atoms with Gasteiger partial charge in [-0.2, -0.15) is 0 Å². The highest BCUT2D eigenvalue weighted by molar-refractivity contribution is 5.26. The van der Waals surface area contributed by atoms with Crippen LogP contribution < -0.4 is 5.32 Å². The Kier molecular flexibility index (Phi) is 4.97. The van der Waals surface area contributed by atoms with Crippen molar-refractivity contribution in [3.05, 3.63) is 71.3 Å². The lowest BCUT2D eigenvalue weighted by Crippen LogP contribution is -2.28. The van der Waals surface area contributed by atoms with Crippen LogP contribution in [0.15, 0.2) is 54.6 Å². The molecule has 0 aromatic heterocycles. The Morgan fingerprint density at radius 2 is 1.45 bits per heavy atom. The number of benzene rings is 2. The number of rotatable bonds is 5. The van der Waals surface area contributed by atoms with Crippen LogP contribution in [0.5, 0.6) is 0 Å². The fourth-order valence-electron chi connectivity index (χ4n) is 2.64. The average molecular weight is 267 g/mol. The summed E-state index contributed by atoms with van der Waals surface area (Å²) in [5.74, 6) is 0.560. The van der Waals surface area contributed by atoms with Gasteiger partial charge in [0.25, 0.3) is 0 Å². The highest BCUT2D eigenvalue weighted by Gasteiger charge is 2.18. The second-order valence-electron chi connectivity index (χ2n) is 5.93. The molecular formula is C19H25N. The minimum absolute atomic E-state index is 0.350. The summed E-state index contributed by atoms with van der Waals surface area (Å²) < 4.78 is 0. The van der Waals surface area contributed by atoms with Gasteiger partial charge in [0.05, 0.1) is 0 Å². The molecule has 20 heavy (non-hydrogen) atoms. The van der Waals surface area contributed by atoms with E-state index < -0.39 is 0 Å². The predicted molar refractivity (Wildman–Crippen MR) is 86.8 cm³/mol. The van der Waals surface area contributed by atoms with Crippen LogP contribution in [0.1, 0.15) is 49.5 Å². The molecule has 1 N–H and O–H groups in total. The van der Waals surface area contributed by atoms with Crippen molar-refractivity contribution in [2.24, 2.45) is 5.92 Å². The molecule has 0 fully saturated rings. The van der Waals surface area contributed by atoms with Crippen molar-refractivity contribution >= 4 is 0 Å². The van der Waals surface area contributed by atoms with Gasteiger partial charge in [-0.15, -0.1) is 0 Å². The van der Waals surface area contributed by atoms with Gasteiger partial charge >= 0.3 is 0 Å². The first-order chi connectivity index (χ1) is 9.58. The summed E-state index contributed by atoms with van der Waals surface area (Å²) in [6.45, 7) is 8.93. The Morgan fingerprint density at radius 1 is 0.800 bits per heavy atom. The molecule has 1 nitrogen and oxygen atoms in total. The van der Waals surface area contributed by atoms with Gasteiger partial charge in [-0.1, -0.05) is 74.0 Å². The first kappa shape index (κ1) is 14.8. The Balaban J connectivity index is 2.17. The Morgan fingerprint density at radius 3 is 2.05 bits per heavy atom. The fourth-order valence-corrected chi connectivity index (χ4v) is 2.64. The molecule has 0 heterocycles. The highest BCUT2D eigenvalue weighted by atomic mass is 14.9. The Hall–Kier alpha value is -1.60. The van der Waals surface area contributed by atoms with Gasteiger partial charge in [0, 0.05) is 12.1 Å². The van der Waals surface area contributed by atoms with Gasteiger partial charge in [-0.25, -0.2) is 0 Å². The molecule has 2 aromatic rings. The molecule has 0 saturated heterocycles. The standard InChI is InChI=1S/C19H25N/c1-14(2)19(17-10-6-5-7-11-17)20-16(4)18-12-8-9-15(3)13-18/h5-14,16,19-20H,1-4H3/t16-,19?/m1/s1. The molecule has 0 bridgehead atoms. The Labute approximate surface area is 123 Å². The molecule has 2 aromatic carbocycles. The van der Waals surface area contributed by atoms with Gasteiger partial charge in [0.1, 0.15) is 0 Å². The molecule has 1 unspecified atom stereocenters. The molecule has 2 rings (SSSR count). The van der Waals surface area contributed by atoms with Crippen LogP contribution in [-0.2, 0) is 0 Å². The summed E-state index contributed by atoms with van der Waals surface area (Å²) in [4.78, 5) is 0. The van der Waals surface area contributed by atoms with Crippen LogP contribution >= 0.6 is 0 Å². The summed E-state index contributed by atoms with van der Waals surface area (Å²) >= 11 is 0. The number of hydrogen-bond donors (Lipinski definition) is 1. The second kappa shape index (κ2) is 6.71. The lowest BCUT2D eigenvalue weighted by molar-refractivity contribution is 0.374. The van der Waals surface area contributed by atoms with Crippen molar-refractivity contribution in [3.63, 3.8) is 0 Å². The zero-order chi connectivity index (χ0) is 14.5. The van der Waals surface area contributed by atoms with E-state index in [1.165, 1.54) is 16.7 Å². The van der Waals surface area contributed by atoms with Crippen molar-refractivity contribution < 1.29 is 0 Å². The van der Waals surface area contributed by atoms with Crippen LogP contribution in [0, 0.1) is 12.8 Å². The summed E-state index contributed by atoms with van der Waals surface area (Å²) in [5, 5.41) is 3.78. The van der Waals surface area contributed by atoms with Crippen LogP contribution in [0.3, 0.4) is 0 Å². The van der Waals surface area contributed by atoms with Crippen molar-refractivity contribution in [1.29, 1.82) is 0 Å². The summed E-state index contributed by atoms with van der Waals surface area (Å²) in [6, 6.07) is 20.2. The monoisotopic (exact) mass is 267 g/mol. The normalized spacial score (nSPS) is 14.2. The molecular weight excluding hydrogens is 242 g/mol. The van der Waals surface area contributed by atoms with Gasteiger partial charge in [-0.3, -0.25) is 0 Å². The molecule has 0 saturated carbocycles. The maximum absolute atomic E-state index is 3.78. The van der Waals surface area contributed by atoms with Gasteiger partial charge < -0.3 is 5.32 Å². The third kappa shape index (κ3) is 3.71. The molecule has 0 radical (unpaired) electrons. The minimum Gasteiger partial charge on any atom is -0.303 e. The lowest BCUT2D eigenvalue weighted by atomic mass is 9.94. The molecule has 2 atom stereocenters. The summed E-state index contributed by atoms with van der Waals surface area (Å²) in [7, 11) is 0. The molecule has 0 aliphatic carbocycles. The van der Waals surface area contributed by atoms with Crippen molar-refractivity contribution in [2.45, 2.75) is 39.8 Å². The smallest absolute Gasteiger partial charge is 0.0348 e. The summed E-state index contributed by atoms with van der Waals surface area (Å²) in [6.07, 6.45) is 0. The first-order valence-electron chi connectivity index (χ1n) is 7.45. The van der Waals surface area contributed by atoms with Crippen molar-refractivity contribution in [2.75, 3.05) is 0 Å². The SMILES string of the molecule is Cc1cccc([C@@H](C)NC(c2ccccc2)C(C)C)c1. The molecule has 106 valence electrons. The lowest BCUT2D eigenvalue weighted by Gasteiger charge is -2.27.